The molecule has 2 heterocycles. The molecule has 6 nitrogen and oxygen atoms in total. The van der Waals surface area contributed by atoms with Gasteiger partial charge >= 0.3 is 0 Å². The zero-order valence-corrected chi connectivity index (χ0v) is 11.0. The van der Waals surface area contributed by atoms with Crippen LogP contribution >= 0.6 is 0 Å². The van der Waals surface area contributed by atoms with Crippen molar-refractivity contribution in [1.82, 2.24) is 19.7 Å². The molecule has 0 bridgehead atoms. The Bertz CT molecular complexity index is 505. The number of hydrogen-bond donors (Lipinski definition) is 1. The highest BCUT2D eigenvalue weighted by molar-refractivity contribution is 5.59. The summed E-state index contributed by atoms with van der Waals surface area (Å²) in [4.78, 5) is 10.5. The van der Waals surface area contributed by atoms with Crippen LogP contribution in [-0.4, -0.2) is 40.4 Å². The smallest absolute Gasteiger partial charge is 0.171 e. The first-order valence-corrected chi connectivity index (χ1v) is 5.87. The first kappa shape index (κ1) is 12.3. The van der Waals surface area contributed by atoms with Crippen LogP contribution in [-0.2, 0) is 13.5 Å². The molecule has 0 radical (unpaired) electrons. The van der Waals surface area contributed by atoms with Gasteiger partial charge in [0.15, 0.2) is 11.6 Å². The topological polar surface area (TPSA) is 58.9 Å². The van der Waals surface area contributed by atoms with Crippen LogP contribution in [0.1, 0.15) is 5.69 Å². The van der Waals surface area contributed by atoms with Gasteiger partial charge in [-0.15, -0.1) is 0 Å². The lowest BCUT2D eigenvalue weighted by molar-refractivity contribution is 0.711. The Labute approximate surface area is 107 Å². The minimum absolute atomic E-state index is 0.805. The average molecular weight is 246 g/mol. The summed E-state index contributed by atoms with van der Waals surface area (Å²) in [5.41, 5.74) is 1.19. The van der Waals surface area contributed by atoms with Crippen molar-refractivity contribution in [3.8, 4) is 0 Å². The normalized spacial score (nSPS) is 10.4. The molecule has 0 saturated carbocycles. The summed E-state index contributed by atoms with van der Waals surface area (Å²) in [7, 11) is 5.86. The van der Waals surface area contributed by atoms with E-state index < -0.39 is 0 Å². The number of anilines is 2. The van der Waals surface area contributed by atoms with E-state index in [-0.39, 0.29) is 0 Å². The van der Waals surface area contributed by atoms with E-state index in [0.29, 0.717) is 0 Å². The Morgan fingerprint density at radius 2 is 2.00 bits per heavy atom. The van der Waals surface area contributed by atoms with Crippen LogP contribution in [0.25, 0.3) is 0 Å². The van der Waals surface area contributed by atoms with E-state index in [1.165, 1.54) is 5.69 Å². The largest absolute Gasteiger partial charge is 0.367 e. The summed E-state index contributed by atoms with van der Waals surface area (Å²) in [6.45, 7) is 0.805. The van der Waals surface area contributed by atoms with Crippen molar-refractivity contribution in [2.24, 2.45) is 7.05 Å². The molecule has 0 aliphatic rings. The van der Waals surface area contributed by atoms with Gasteiger partial charge in [0.2, 0.25) is 0 Å². The summed E-state index contributed by atoms with van der Waals surface area (Å²) in [6, 6.07) is 2.02. The van der Waals surface area contributed by atoms with Gasteiger partial charge in [-0.1, -0.05) is 0 Å². The Kier molecular flexibility index (Phi) is 3.76. The standard InChI is InChI=1S/C12H18N6/c1-17(2)12-11(14-8-9-15-12)13-6-4-10-5-7-16-18(10)3/h5,7-9H,4,6H2,1-3H3,(H,13,14). The lowest BCUT2D eigenvalue weighted by Crippen LogP contribution is -2.16. The van der Waals surface area contributed by atoms with Gasteiger partial charge in [-0.3, -0.25) is 4.68 Å². The van der Waals surface area contributed by atoms with Gasteiger partial charge in [0.25, 0.3) is 0 Å². The highest BCUT2D eigenvalue weighted by Gasteiger charge is 2.06. The first-order chi connectivity index (χ1) is 8.68. The monoisotopic (exact) mass is 246 g/mol. The first-order valence-electron chi connectivity index (χ1n) is 5.87. The molecular weight excluding hydrogens is 228 g/mol. The van der Waals surface area contributed by atoms with Gasteiger partial charge in [-0.2, -0.15) is 5.10 Å². The van der Waals surface area contributed by atoms with Crippen LogP contribution in [0, 0.1) is 0 Å². The number of aryl methyl sites for hydroxylation is 1. The third-order valence-electron chi connectivity index (χ3n) is 2.70. The van der Waals surface area contributed by atoms with Gasteiger partial charge in [-0.05, 0) is 6.07 Å². The van der Waals surface area contributed by atoms with Crippen molar-refractivity contribution in [1.29, 1.82) is 0 Å². The Morgan fingerprint density at radius 3 is 2.67 bits per heavy atom. The molecule has 0 aromatic carbocycles. The second-order valence-corrected chi connectivity index (χ2v) is 4.25. The maximum atomic E-state index is 4.30. The third-order valence-corrected chi connectivity index (χ3v) is 2.70. The fraction of sp³-hybridized carbons (Fsp3) is 0.417. The minimum atomic E-state index is 0.805. The molecule has 96 valence electrons. The fourth-order valence-electron chi connectivity index (χ4n) is 1.74. The molecule has 2 rings (SSSR count). The van der Waals surface area contributed by atoms with E-state index in [1.54, 1.807) is 12.4 Å². The van der Waals surface area contributed by atoms with Gasteiger partial charge < -0.3 is 10.2 Å². The molecule has 6 heteroatoms. The molecule has 0 spiro atoms. The predicted molar refractivity (Wildman–Crippen MR) is 71.8 cm³/mol. The highest BCUT2D eigenvalue weighted by atomic mass is 15.3. The lowest BCUT2D eigenvalue weighted by atomic mass is 10.3. The molecule has 1 N–H and O–H groups in total. The van der Waals surface area contributed by atoms with Crippen molar-refractivity contribution in [2.75, 3.05) is 30.9 Å². The van der Waals surface area contributed by atoms with E-state index >= 15 is 0 Å². The molecule has 0 atom stereocenters. The Balaban J connectivity index is 1.96. The predicted octanol–water partition coefficient (Wildman–Crippen LogP) is 0.931. The second-order valence-electron chi connectivity index (χ2n) is 4.25. The quantitative estimate of drug-likeness (QED) is 0.850. The Morgan fingerprint density at radius 1 is 1.22 bits per heavy atom. The zero-order valence-electron chi connectivity index (χ0n) is 11.0. The summed E-state index contributed by atoms with van der Waals surface area (Å²) in [5.74, 6) is 1.66. The number of hydrogen-bond acceptors (Lipinski definition) is 5. The minimum Gasteiger partial charge on any atom is -0.367 e. The molecule has 18 heavy (non-hydrogen) atoms. The van der Waals surface area contributed by atoms with Crippen molar-refractivity contribution < 1.29 is 0 Å². The number of nitrogens with one attached hydrogen (secondary N) is 1. The summed E-state index contributed by atoms with van der Waals surface area (Å²) >= 11 is 0. The molecule has 0 aliphatic heterocycles. The molecule has 0 saturated heterocycles. The second kappa shape index (κ2) is 5.48. The summed E-state index contributed by atoms with van der Waals surface area (Å²) in [5, 5.41) is 7.44. The maximum Gasteiger partial charge on any atom is 0.171 e. The van der Waals surface area contributed by atoms with Gasteiger partial charge in [0.1, 0.15) is 0 Å². The third kappa shape index (κ3) is 2.77. The summed E-state index contributed by atoms with van der Waals surface area (Å²) in [6.07, 6.45) is 6.10. The molecular formula is C12H18N6. The van der Waals surface area contributed by atoms with E-state index in [1.807, 2.05) is 43.0 Å². The molecule has 2 aromatic rings. The zero-order chi connectivity index (χ0) is 13.0. The number of nitrogens with zero attached hydrogens (tertiary/aromatic N) is 5. The van der Waals surface area contributed by atoms with E-state index in [0.717, 1.165) is 24.6 Å². The van der Waals surface area contributed by atoms with Crippen molar-refractivity contribution in [3.05, 3.63) is 30.4 Å². The highest BCUT2D eigenvalue weighted by Crippen LogP contribution is 2.16. The number of rotatable bonds is 5. The van der Waals surface area contributed by atoms with Crippen LogP contribution in [0.3, 0.4) is 0 Å². The van der Waals surface area contributed by atoms with Crippen LogP contribution < -0.4 is 10.2 Å². The van der Waals surface area contributed by atoms with Crippen LogP contribution in [0.5, 0.6) is 0 Å². The van der Waals surface area contributed by atoms with Crippen molar-refractivity contribution in [2.45, 2.75) is 6.42 Å². The number of aromatic nitrogens is 4. The van der Waals surface area contributed by atoms with Crippen LogP contribution in [0.15, 0.2) is 24.7 Å². The molecule has 0 amide bonds. The van der Waals surface area contributed by atoms with Crippen molar-refractivity contribution in [3.63, 3.8) is 0 Å². The Hall–Kier alpha value is -2.11. The van der Waals surface area contributed by atoms with Gasteiger partial charge in [-0.25, -0.2) is 9.97 Å². The van der Waals surface area contributed by atoms with E-state index in [4.69, 9.17) is 0 Å². The van der Waals surface area contributed by atoms with Crippen LogP contribution in [0.4, 0.5) is 11.6 Å². The fourth-order valence-corrected chi connectivity index (χ4v) is 1.74. The lowest BCUT2D eigenvalue weighted by Gasteiger charge is -2.15. The van der Waals surface area contributed by atoms with E-state index in [2.05, 4.69) is 20.4 Å². The molecule has 0 fully saturated rings. The maximum absolute atomic E-state index is 4.30. The van der Waals surface area contributed by atoms with Crippen molar-refractivity contribution >= 4 is 11.6 Å². The van der Waals surface area contributed by atoms with E-state index in [9.17, 15) is 0 Å². The molecule has 0 unspecified atom stereocenters. The summed E-state index contributed by atoms with van der Waals surface area (Å²) < 4.78 is 1.88. The molecule has 2 aromatic heterocycles. The average Bonchev–Trinajstić information content (AvgIpc) is 2.76. The molecule has 0 aliphatic carbocycles. The van der Waals surface area contributed by atoms with Gasteiger partial charge in [0, 0.05) is 58.4 Å². The van der Waals surface area contributed by atoms with Gasteiger partial charge in [0.05, 0.1) is 0 Å². The SMILES string of the molecule is CN(C)c1nccnc1NCCc1ccnn1C. The van der Waals surface area contributed by atoms with Crippen LogP contribution in [0.2, 0.25) is 0 Å².